The van der Waals surface area contributed by atoms with E-state index in [2.05, 4.69) is 45.3 Å². The van der Waals surface area contributed by atoms with E-state index in [0.717, 1.165) is 5.82 Å². The van der Waals surface area contributed by atoms with Crippen molar-refractivity contribution >= 4 is 27.4 Å². The monoisotopic (exact) mass is 302 g/mol. The molecule has 2 nitrogen and oxygen atoms in total. The van der Waals surface area contributed by atoms with Crippen LogP contribution >= 0.6 is 15.9 Å². The van der Waals surface area contributed by atoms with Crippen LogP contribution in [0.25, 0.3) is 0 Å². The summed E-state index contributed by atoms with van der Waals surface area (Å²) < 4.78 is 1.19. The second kappa shape index (κ2) is 4.73. The second-order valence-corrected chi connectivity index (χ2v) is 5.66. The van der Waals surface area contributed by atoms with E-state index < -0.39 is 0 Å². The third-order valence-electron chi connectivity index (χ3n) is 3.28. The van der Waals surface area contributed by atoms with E-state index >= 15 is 0 Å². The zero-order valence-electron chi connectivity index (χ0n) is 10.3. The van der Waals surface area contributed by atoms with Crippen LogP contribution in [0.1, 0.15) is 29.9 Å². The number of anilines is 2. The van der Waals surface area contributed by atoms with Gasteiger partial charge in [0.1, 0.15) is 5.82 Å². The van der Waals surface area contributed by atoms with Crippen molar-refractivity contribution in [1.29, 1.82) is 0 Å². The highest BCUT2D eigenvalue weighted by atomic mass is 79.9. The third-order valence-corrected chi connectivity index (χ3v) is 4.13. The van der Waals surface area contributed by atoms with E-state index in [0.29, 0.717) is 5.92 Å². The normalized spacial score (nSPS) is 14.6. The molecule has 1 aliphatic carbocycles. The standard InChI is InChI=1S/C15H15BrN2/c1-10-8-14(18-15-4-2-3-7-17-15)12(9-13(10)16)11-5-6-11/h2-4,7-9,11H,5-6H2,1H3,(H,17,18). The van der Waals surface area contributed by atoms with Gasteiger partial charge in [-0.25, -0.2) is 4.98 Å². The molecule has 1 aliphatic rings. The fraction of sp³-hybridized carbons (Fsp3) is 0.267. The Balaban J connectivity index is 1.97. The van der Waals surface area contributed by atoms with Crippen LogP contribution in [0.2, 0.25) is 0 Å². The largest absolute Gasteiger partial charge is 0.340 e. The summed E-state index contributed by atoms with van der Waals surface area (Å²) in [6.07, 6.45) is 4.41. The Hall–Kier alpha value is -1.35. The van der Waals surface area contributed by atoms with Gasteiger partial charge in [-0.1, -0.05) is 22.0 Å². The molecular formula is C15H15BrN2. The lowest BCUT2D eigenvalue weighted by molar-refractivity contribution is 1.12. The number of pyridine rings is 1. The van der Waals surface area contributed by atoms with E-state index in [4.69, 9.17) is 0 Å². The van der Waals surface area contributed by atoms with E-state index in [-0.39, 0.29) is 0 Å². The number of hydrogen-bond acceptors (Lipinski definition) is 2. The highest BCUT2D eigenvalue weighted by molar-refractivity contribution is 9.10. The maximum Gasteiger partial charge on any atom is 0.130 e. The molecule has 0 saturated heterocycles. The quantitative estimate of drug-likeness (QED) is 0.883. The summed E-state index contributed by atoms with van der Waals surface area (Å²) in [7, 11) is 0. The molecule has 3 rings (SSSR count). The maximum atomic E-state index is 4.32. The Morgan fingerprint density at radius 1 is 1.28 bits per heavy atom. The van der Waals surface area contributed by atoms with Gasteiger partial charge in [-0.3, -0.25) is 0 Å². The molecule has 0 unspecified atom stereocenters. The lowest BCUT2D eigenvalue weighted by Gasteiger charge is -2.13. The molecule has 0 atom stereocenters. The highest BCUT2D eigenvalue weighted by Gasteiger charge is 2.26. The first-order chi connectivity index (χ1) is 8.74. The molecule has 0 radical (unpaired) electrons. The molecule has 3 heteroatoms. The molecule has 1 saturated carbocycles. The first-order valence-corrected chi connectivity index (χ1v) is 7.01. The van der Waals surface area contributed by atoms with Gasteiger partial charge in [0.15, 0.2) is 0 Å². The van der Waals surface area contributed by atoms with E-state index in [1.807, 2.05) is 24.4 Å². The van der Waals surface area contributed by atoms with Crippen LogP contribution in [0.15, 0.2) is 41.0 Å². The number of halogens is 1. The summed E-state index contributed by atoms with van der Waals surface area (Å²) in [6, 6.07) is 10.4. The van der Waals surface area contributed by atoms with E-state index in [9.17, 15) is 0 Å². The zero-order chi connectivity index (χ0) is 12.5. The molecule has 0 amide bonds. The number of aryl methyl sites for hydroxylation is 1. The lowest BCUT2D eigenvalue weighted by atomic mass is 10.1. The average molecular weight is 303 g/mol. The number of aromatic nitrogens is 1. The average Bonchev–Trinajstić information content (AvgIpc) is 3.19. The van der Waals surface area contributed by atoms with Gasteiger partial charge >= 0.3 is 0 Å². The van der Waals surface area contributed by atoms with Crippen molar-refractivity contribution < 1.29 is 0 Å². The van der Waals surface area contributed by atoms with Crippen molar-refractivity contribution in [3.05, 3.63) is 52.1 Å². The second-order valence-electron chi connectivity index (χ2n) is 4.80. The van der Waals surface area contributed by atoms with Gasteiger partial charge in [-0.05, 0) is 61.1 Å². The van der Waals surface area contributed by atoms with Crippen molar-refractivity contribution in [3.63, 3.8) is 0 Å². The summed E-state index contributed by atoms with van der Waals surface area (Å²) in [4.78, 5) is 4.32. The number of nitrogens with zero attached hydrogens (tertiary/aromatic N) is 1. The number of nitrogens with one attached hydrogen (secondary N) is 1. The molecule has 1 aromatic heterocycles. The minimum absolute atomic E-state index is 0.716. The van der Waals surface area contributed by atoms with Gasteiger partial charge in [0.25, 0.3) is 0 Å². The van der Waals surface area contributed by atoms with Crippen LogP contribution in [0.3, 0.4) is 0 Å². The lowest BCUT2D eigenvalue weighted by Crippen LogP contribution is -1.98. The van der Waals surface area contributed by atoms with Gasteiger partial charge in [0.05, 0.1) is 0 Å². The number of hydrogen-bond donors (Lipinski definition) is 1. The number of benzene rings is 1. The Morgan fingerprint density at radius 3 is 2.78 bits per heavy atom. The Bertz CT molecular complexity index is 562. The van der Waals surface area contributed by atoms with E-state index in [1.165, 1.54) is 34.1 Å². The fourth-order valence-electron chi connectivity index (χ4n) is 2.11. The Labute approximate surface area is 116 Å². The van der Waals surface area contributed by atoms with Gasteiger partial charge in [0, 0.05) is 16.4 Å². The summed E-state index contributed by atoms with van der Waals surface area (Å²) in [5, 5.41) is 3.43. The summed E-state index contributed by atoms with van der Waals surface area (Å²) in [6.45, 7) is 2.12. The summed E-state index contributed by atoms with van der Waals surface area (Å²) in [5.41, 5.74) is 3.84. The van der Waals surface area contributed by atoms with Crippen molar-refractivity contribution in [2.24, 2.45) is 0 Å². The SMILES string of the molecule is Cc1cc(Nc2ccccn2)c(C2CC2)cc1Br. The zero-order valence-corrected chi connectivity index (χ0v) is 11.9. The van der Waals surface area contributed by atoms with Crippen LogP contribution < -0.4 is 5.32 Å². The van der Waals surface area contributed by atoms with Crippen molar-refractivity contribution in [1.82, 2.24) is 4.98 Å². The molecule has 1 fully saturated rings. The smallest absolute Gasteiger partial charge is 0.130 e. The van der Waals surface area contributed by atoms with Crippen molar-refractivity contribution in [2.75, 3.05) is 5.32 Å². The molecule has 18 heavy (non-hydrogen) atoms. The molecular weight excluding hydrogens is 288 g/mol. The Kier molecular flexibility index (Phi) is 3.08. The fourth-order valence-corrected chi connectivity index (χ4v) is 2.47. The molecule has 1 N–H and O–H groups in total. The molecule has 1 aromatic carbocycles. The molecule has 0 bridgehead atoms. The van der Waals surface area contributed by atoms with Crippen LogP contribution in [0.5, 0.6) is 0 Å². The van der Waals surface area contributed by atoms with Gasteiger partial charge in [-0.15, -0.1) is 0 Å². The third kappa shape index (κ3) is 2.41. The highest BCUT2D eigenvalue weighted by Crippen LogP contribution is 2.45. The molecule has 0 aliphatic heterocycles. The van der Waals surface area contributed by atoms with Crippen LogP contribution in [0, 0.1) is 6.92 Å². The molecule has 0 spiro atoms. The Morgan fingerprint density at radius 2 is 2.11 bits per heavy atom. The first kappa shape index (κ1) is 11.7. The van der Waals surface area contributed by atoms with Crippen molar-refractivity contribution in [3.8, 4) is 0 Å². The van der Waals surface area contributed by atoms with Crippen LogP contribution in [-0.2, 0) is 0 Å². The summed E-state index contributed by atoms with van der Waals surface area (Å²) in [5.74, 6) is 1.62. The van der Waals surface area contributed by atoms with E-state index in [1.54, 1.807) is 0 Å². The predicted octanol–water partition coefficient (Wildman–Crippen LogP) is 4.77. The molecule has 1 heterocycles. The topological polar surface area (TPSA) is 24.9 Å². The minimum atomic E-state index is 0.716. The molecule has 2 aromatic rings. The van der Waals surface area contributed by atoms with Crippen LogP contribution in [-0.4, -0.2) is 4.98 Å². The number of rotatable bonds is 3. The van der Waals surface area contributed by atoms with Crippen LogP contribution in [0.4, 0.5) is 11.5 Å². The minimum Gasteiger partial charge on any atom is -0.340 e. The first-order valence-electron chi connectivity index (χ1n) is 6.22. The summed E-state index contributed by atoms with van der Waals surface area (Å²) >= 11 is 3.62. The molecule has 92 valence electrons. The van der Waals surface area contributed by atoms with Gasteiger partial charge in [-0.2, -0.15) is 0 Å². The van der Waals surface area contributed by atoms with Gasteiger partial charge < -0.3 is 5.32 Å². The van der Waals surface area contributed by atoms with Gasteiger partial charge in [0.2, 0.25) is 0 Å². The maximum absolute atomic E-state index is 4.32. The predicted molar refractivity (Wildman–Crippen MR) is 78.4 cm³/mol. The van der Waals surface area contributed by atoms with Crippen molar-refractivity contribution in [2.45, 2.75) is 25.7 Å².